The van der Waals surface area contributed by atoms with Crippen LogP contribution in [0.15, 0.2) is 24.3 Å². The minimum absolute atomic E-state index is 0.0932. The number of unbranched alkanes of at least 4 members (excludes halogenated alkanes) is 1. The number of aliphatic hydroxyl groups excluding tert-OH is 3. The number of amides is 2. The molecule has 2 amide bonds. The lowest BCUT2D eigenvalue weighted by molar-refractivity contribution is -0.318. The molecule has 4 aliphatic heterocycles. The number of benzene rings is 1. The molecular formula is C49H81N3O14. The van der Waals surface area contributed by atoms with E-state index in [2.05, 4.69) is 0 Å². The van der Waals surface area contributed by atoms with Gasteiger partial charge < -0.3 is 63.8 Å². The summed E-state index contributed by atoms with van der Waals surface area (Å²) in [5.41, 5.74) is -3.73. The lowest BCUT2D eigenvalue weighted by Gasteiger charge is -2.49. The Morgan fingerprint density at radius 1 is 0.879 bits per heavy atom. The first-order valence-corrected chi connectivity index (χ1v) is 24.0. The average Bonchev–Trinajstić information content (AvgIpc) is 3.50. The van der Waals surface area contributed by atoms with E-state index in [1.807, 2.05) is 37.7 Å². The molecule has 376 valence electrons. The summed E-state index contributed by atoms with van der Waals surface area (Å²) in [6, 6.07) is 5.80. The van der Waals surface area contributed by atoms with Crippen LogP contribution in [0.3, 0.4) is 0 Å². The van der Waals surface area contributed by atoms with Crippen molar-refractivity contribution in [2.75, 3.05) is 40.8 Å². The van der Waals surface area contributed by atoms with Crippen molar-refractivity contribution in [3.05, 3.63) is 35.4 Å². The molecule has 66 heavy (non-hydrogen) atoms. The number of ether oxygens (including phenoxy) is 6. The maximum absolute atomic E-state index is 14.4. The van der Waals surface area contributed by atoms with Gasteiger partial charge >= 0.3 is 5.97 Å². The molecule has 4 aliphatic rings. The van der Waals surface area contributed by atoms with E-state index in [0.717, 1.165) is 0 Å². The van der Waals surface area contributed by atoms with Gasteiger partial charge in [0.2, 0.25) is 0 Å². The molecule has 1 aromatic carbocycles. The largest absolute Gasteiger partial charge is 0.459 e. The fraction of sp³-hybridized carbons (Fsp3) is 0.816. The molecule has 0 spiro atoms. The average molecular weight is 936 g/mol. The Morgan fingerprint density at radius 2 is 1.50 bits per heavy atom. The number of aliphatic hydroxyl groups is 5. The smallest absolute Gasteiger partial charge is 0.311 e. The molecule has 0 saturated carbocycles. The maximum Gasteiger partial charge on any atom is 0.311 e. The normalized spacial score (nSPS) is 42.5. The van der Waals surface area contributed by atoms with Crippen molar-refractivity contribution in [2.24, 2.45) is 17.8 Å². The summed E-state index contributed by atoms with van der Waals surface area (Å²) in [5, 5.41) is 59.4. The van der Waals surface area contributed by atoms with Gasteiger partial charge in [0.15, 0.2) is 12.6 Å². The summed E-state index contributed by atoms with van der Waals surface area (Å²) in [4.78, 5) is 45.5. The summed E-state index contributed by atoms with van der Waals surface area (Å²) >= 11 is 0. The summed E-state index contributed by atoms with van der Waals surface area (Å²) in [6.07, 6.45) is -8.00. The quantitative estimate of drug-likeness (QED) is 0.115. The number of methoxy groups -OCH3 is 1. The number of carbonyl (C=O) groups is 3. The van der Waals surface area contributed by atoms with Gasteiger partial charge in [-0.2, -0.15) is 0 Å². The van der Waals surface area contributed by atoms with Crippen LogP contribution in [0.5, 0.6) is 0 Å². The molecule has 4 heterocycles. The number of nitrogens with zero attached hydrogens (tertiary/aromatic N) is 3. The first kappa shape index (κ1) is 54.3. The number of esters is 1. The Labute approximate surface area is 392 Å². The Hall–Kier alpha value is -2.65. The van der Waals surface area contributed by atoms with Crippen LogP contribution in [0.25, 0.3) is 0 Å². The highest BCUT2D eigenvalue weighted by Crippen LogP contribution is 2.40. The molecule has 0 bridgehead atoms. The number of fused-ring (bicyclic) bond motifs is 1. The maximum atomic E-state index is 14.4. The summed E-state index contributed by atoms with van der Waals surface area (Å²) in [5.74, 6) is -3.41. The van der Waals surface area contributed by atoms with E-state index < -0.39 is 102 Å². The van der Waals surface area contributed by atoms with E-state index >= 15 is 0 Å². The first-order chi connectivity index (χ1) is 30.8. The Kier molecular flexibility index (Phi) is 18.1. The number of rotatable bonds is 12. The predicted octanol–water partition coefficient (Wildman–Crippen LogP) is 3.35. The topological polar surface area (TPSA) is 217 Å². The van der Waals surface area contributed by atoms with Gasteiger partial charge in [-0.15, -0.1) is 0 Å². The standard InChI is InChI=1S/C49H81N3O14/c1-14-36-49(10,60)40(54)31(6)51(12)26-27(2)24-47(8,59)42(29(4)39(30(5)45(58)64-36)65-37-25-48(9,61-13)41(55)32(7)63-37)66-46-38(53)35(23-28(3)62-46)50(11)21-17-18-22-52-43(56)33-19-15-16-20-34(33)44(52)57/h15-16,19-20,27-32,35-42,46,53-55,59-60H,14,17-18,21-26H2,1-13H3/t27-,28-,29+,30-,31-,32+,35+,36-,37+,38-,39+,40-,41+,42-,46+,47-,48-,49-/m1/s1. The summed E-state index contributed by atoms with van der Waals surface area (Å²) in [6.45, 7) is 18.7. The Balaban J connectivity index is 1.44. The number of hydrogen-bond acceptors (Lipinski definition) is 16. The Morgan fingerprint density at radius 3 is 2.09 bits per heavy atom. The molecular weight excluding hydrogens is 855 g/mol. The molecule has 5 N–H and O–H groups in total. The van der Waals surface area contributed by atoms with Gasteiger partial charge in [-0.05, 0) is 119 Å². The van der Waals surface area contributed by atoms with Gasteiger partial charge in [0.25, 0.3) is 11.8 Å². The minimum atomic E-state index is -1.84. The highest BCUT2D eigenvalue weighted by molar-refractivity contribution is 6.21. The molecule has 18 atom stereocenters. The van der Waals surface area contributed by atoms with Gasteiger partial charge in [0.05, 0.1) is 52.7 Å². The predicted molar refractivity (Wildman–Crippen MR) is 244 cm³/mol. The van der Waals surface area contributed by atoms with Crippen molar-refractivity contribution in [3.63, 3.8) is 0 Å². The highest BCUT2D eigenvalue weighted by atomic mass is 16.7. The second-order valence-corrected chi connectivity index (χ2v) is 20.7. The number of cyclic esters (lactones) is 1. The molecule has 0 radical (unpaired) electrons. The van der Waals surface area contributed by atoms with E-state index in [4.69, 9.17) is 28.4 Å². The van der Waals surface area contributed by atoms with Gasteiger partial charge in [-0.1, -0.05) is 32.9 Å². The fourth-order valence-corrected chi connectivity index (χ4v) is 10.9. The van der Waals surface area contributed by atoms with Crippen LogP contribution < -0.4 is 0 Å². The van der Waals surface area contributed by atoms with Crippen molar-refractivity contribution >= 4 is 17.8 Å². The van der Waals surface area contributed by atoms with Crippen LogP contribution >= 0.6 is 0 Å². The van der Waals surface area contributed by atoms with Crippen molar-refractivity contribution in [1.29, 1.82) is 0 Å². The zero-order chi connectivity index (χ0) is 49.2. The lowest BCUT2D eigenvalue weighted by atomic mass is 9.77. The number of carbonyl (C=O) groups excluding carboxylic acids is 3. The van der Waals surface area contributed by atoms with E-state index in [1.165, 1.54) is 18.9 Å². The van der Waals surface area contributed by atoms with Crippen molar-refractivity contribution in [3.8, 4) is 0 Å². The van der Waals surface area contributed by atoms with E-state index in [-0.39, 0.29) is 49.6 Å². The molecule has 3 saturated heterocycles. The third-order valence-electron chi connectivity index (χ3n) is 15.1. The molecule has 1 aromatic rings. The van der Waals surface area contributed by atoms with Crippen molar-refractivity contribution < 1.29 is 68.3 Å². The SMILES string of the molecule is CC[C@H]1OC(=O)[C@H](C)[C@@H](O[C@H]2C[C@@](C)(OC)[C@@H](O)[C@H](C)O2)[C@H](C)[C@@H](O[C@@H]2O[C@H](C)C[C@H](N(C)CCCCN3C(=O)c4ccccc4C3=O)[C@H]2O)[C@](C)(O)C[C@@H](C)CN(C)[C@H](C)[C@@H](O)[C@]1(C)O. The first-order valence-electron chi connectivity index (χ1n) is 24.0. The van der Waals surface area contributed by atoms with Crippen molar-refractivity contribution in [1.82, 2.24) is 14.7 Å². The van der Waals surface area contributed by atoms with Crippen LogP contribution in [0, 0.1) is 17.8 Å². The van der Waals surface area contributed by atoms with E-state index in [1.54, 1.807) is 72.7 Å². The van der Waals surface area contributed by atoms with E-state index in [9.17, 15) is 39.9 Å². The third-order valence-corrected chi connectivity index (χ3v) is 15.1. The van der Waals surface area contributed by atoms with Gasteiger partial charge in [0, 0.05) is 44.6 Å². The van der Waals surface area contributed by atoms with Crippen LogP contribution in [0.1, 0.15) is 128 Å². The van der Waals surface area contributed by atoms with Crippen LogP contribution in [0.2, 0.25) is 0 Å². The highest BCUT2D eigenvalue weighted by Gasteiger charge is 2.53. The van der Waals surface area contributed by atoms with Crippen LogP contribution in [-0.4, -0.2) is 189 Å². The van der Waals surface area contributed by atoms with Crippen LogP contribution in [0.4, 0.5) is 0 Å². The number of imide groups is 1. The zero-order valence-electron chi connectivity index (χ0n) is 41.6. The minimum Gasteiger partial charge on any atom is -0.459 e. The summed E-state index contributed by atoms with van der Waals surface area (Å²) in [7, 11) is 5.22. The lowest BCUT2D eigenvalue weighted by Crippen LogP contribution is -2.60. The molecule has 0 aromatic heterocycles. The summed E-state index contributed by atoms with van der Waals surface area (Å²) < 4.78 is 38.1. The third kappa shape index (κ3) is 11.7. The molecule has 17 nitrogen and oxygen atoms in total. The zero-order valence-corrected chi connectivity index (χ0v) is 41.6. The second kappa shape index (κ2) is 22.0. The Bertz CT molecular complexity index is 1770. The second-order valence-electron chi connectivity index (χ2n) is 20.7. The van der Waals surface area contributed by atoms with Gasteiger partial charge in [-0.3, -0.25) is 19.3 Å². The molecule has 3 fully saturated rings. The van der Waals surface area contributed by atoms with Gasteiger partial charge in [0.1, 0.15) is 30.0 Å². The number of likely N-dealkylation sites (N-methyl/N-ethyl adjacent to an activating group) is 2. The van der Waals surface area contributed by atoms with Gasteiger partial charge in [-0.25, -0.2) is 0 Å². The van der Waals surface area contributed by atoms with Crippen LogP contribution in [-0.2, 0) is 33.2 Å². The fourth-order valence-electron chi connectivity index (χ4n) is 10.9. The van der Waals surface area contributed by atoms with E-state index in [0.29, 0.717) is 43.5 Å². The monoisotopic (exact) mass is 936 g/mol. The van der Waals surface area contributed by atoms with Crippen molar-refractivity contribution in [2.45, 2.75) is 198 Å². The molecule has 0 aliphatic carbocycles. The molecule has 17 heteroatoms. The molecule has 0 unspecified atom stereocenters. The number of hydrogen-bond donors (Lipinski definition) is 5. The molecule has 5 rings (SSSR count).